The maximum absolute atomic E-state index is 13.2. The predicted molar refractivity (Wildman–Crippen MR) is 122 cm³/mol. The van der Waals surface area contributed by atoms with Crippen LogP contribution in [0.3, 0.4) is 0 Å². The first-order chi connectivity index (χ1) is 16.6. The summed E-state index contributed by atoms with van der Waals surface area (Å²) >= 11 is 0. The van der Waals surface area contributed by atoms with Gasteiger partial charge in [-0.25, -0.2) is 4.39 Å². The smallest absolute Gasteiger partial charge is 0.254 e. The lowest BCUT2D eigenvalue weighted by atomic mass is 10.1. The number of nitrogens with zero attached hydrogens (tertiary/aromatic N) is 3. The van der Waals surface area contributed by atoms with E-state index in [1.807, 2.05) is 9.80 Å². The lowest BCUT2D eigenvalue weighted by Crippen LogP contribution is -2.50. The fourth-order valence-electron chi connectivity index (χ4n) is 4.65. The molecule has 2 aromatic carbocycles. The third-order valence-electron chi connectivity index (χ3n) is 6.47. The van der Waals surface area contributed by atoms with E-state index in [2.05, 4.69) is 4.90 Å². The van der Waals surface area contributed by atoms with Gasteiger partial charge < -0.3 is 24.0 Å². The summed E-state index contributed by atoms with van der Waals surface area (Å²) < 4.78 is 29.9. The second kappa shape index (κ2) is 9.99. The number of carbonyl (C=O) groups is 2. The molecule has 8 nitrogen and oxygen atoms in total. The van der Waals surface area contributed by atoms with Crippen molar-refractivity contribution in [1.29, 1.82) is 0 Å². The van der Waals surface area contributed by atoms with Gasteiger partial charge >= 0.3 is 0 Å². The summed E-state index contributed by atoms with van der Waals surface area (Å²) in [6.45, 7) is 5.26. The number of halogens is 1. The third kappa shape index (κ3) is 5.00. The molecule has 0 aliphatic carbocycles. The molecule has 0 N–H and O–H groups in total. The minimum absolute atomic E-state index is 0.0430. The monoisotopic (exact) mass is 469 g/mol. The average molecular weight is 470 g/mol. The first-order valence-electron chi connectivity index (χ1n) is 11.6. The molecule has 9 heteroatoms. The van der Waals surface area contributed by atoms with Crippen molar-refractivity contribution in [3.63, 3.8) is 0 Å². The summed E-state index contributed by atoms with van der Waals surface area (Å²) in [4.78, 5) is 31.8. The minimum atomic E-state index is -0.350. The zero-order chi connectivity index (χ0) is 23.5. The van der Waals surface area contributed by atoms with E-state index in [1.165, 1.54) is 24.3 Å². The molecule has 3 aliphatic heterocycles. The van der Waals surface area contributed by atoms with Crippen LogP contribution >= 0.6 is 0 Å². The van der Waals surface area contributed by atoms with Gasteiger partial charge in [-0.05, 0) is 55.4 Å². The van der Waals surface area contributed by atoms with Gasteiger partial charge in [-0.2, -0.15) is 0 Å². The van der Waals surface area contributed by atoms with E-state index >= 15 is 0 Å². The van der Waals surface area contributed by atoms with Crippen molar-refractivity contribution in [2.75, 3.05) is 59.2 Å². The van der Waals surface area contributed by atoms with Crippen LogP contribution in [0.4, 0.5) is 4.39 Å². The molecule has 2 aromatic rings. The van der Waals surface area contributed by atoms with Gasteiger partial charge in [0.15, 0.2) is 11.5 Å². The van der Waals surface area contributed by atoms with Gasteiger partial charge in [0, 0.05) is 50.4 Å². The van der Waals surface area contributed by atoms with Crippen LogP contribution in [-0.4, -0.2) is 91.8 Å². The molecule has 2 saturated heterocycles. The molecule has 180 valence electrons. The summed E-state index contributed by atoms with van der Waals surface area (Å²) in [6, 6.07) is 11.0. The highest BCUT2D eigenvalue weighted by Crippen LogP contribution is 2.33. The van der Waals surface area contributed by atoms with Gasteiger partial charge in [0.25, 0.3) is 11.8 Å². The maximum atomic E-state index is 13.2. The number of benzene rings is 2. The topological polar surface area (TPSA) is 71.6 Å². The Morgan fingerprint density at radius 1 is 0.853 bits per heavy atom. The van der Waals surface area contributed by atoms with Crippen LogP contribution < -0.4 is 9.47 Å². The van der Waals surface area contributed by atoms with Gasteiger partial charge in [0.2, 0.25) is 6.79 Å². The number of ether oxygens (including phenoxy) is 3. The summed E-state index contributed by atoms with van der Waals surface area (Å²) in [6.07, 6.45) is 0.755. The van der Waals surface area contributed by atoms with Crippen LogP contribution in [0.2, 0.25) is 0 Å². The molecule has 5 rings (SSSR count). The maximum Gasteiger partial charge on any atom is 0.254 e. The average Bonchev–Trinajstić information content (AvgIpc) is 3.21. The van der Waals surface area contributed by atoms with Gasteiger partial charge in [-0.15, -0.1) is 0 Å². The van der Waals surface area contributed by atoms with Gasteiger partial charge in [0.05, 0.1) is 12.7 Å². The van der Waals surface area contributed by atoms with Crippen molar-refractivity contribution < 1.29 is 28.2 Å². The fraction of sp³-hybridized carbons (Fsp3) is 0.440. The molecular formula is C25H28FN3O5. The Hall–Kier alpha value is -3.17. The molecule has 2 fully saturated rings. The third-order valence-corrected chi connectivity index (χ3v) is 6.47. The Bertz CT molecular complexity index is 1050. The van der Waals surface area contributed by atoms with Gasteiger partial charge in [0.1, 0.15) is 5.82 Å². The highest BCUT2D eigenvalue weighted by atomic mass is 19.1. The molecule has 0 radical (unpaired) electrons. The molecule has 0 aromatic heterocycles. The summed E-state index contributed by atoms with van der Waals surface area (Å²) in [5.41, 5.74) is 1.08. The number of carbonyl (C=O) groups excluding carboxylic acids is 2. The van der Waals surface area contributed by atoms with E-state index in [9.17, 15) is 14.0 Å². The van der Waals surface area contributed by atoms with Crippen molar-refractivity contribution in [1.82, 2.24) is 14.7 Å². The zero-order valence-corrected chi connectivity index (χ0v) is 19.0. The van der Waals surface area contributed by atoms with Crippen LogP contribution in [0.5, 0.6) is 11.5 Å². The van der Waals surface area contributed by atoms with Crippen molar-refractivity contribution in [2.24, 2.45) is 0 Å². The summed E-state index contributed by atoms with van der Waals surface area (Å²) in [5, 5.41) is 0. The first-order valence-corrected chi connectivity index (χ1v) is 11.6. The lowest BCUT2D eigenvalue weighted by Gasteiger charge is -2.35. The Kier molecular flexibility index (Phi) is 6.64. The Labute approximate surface area is 197 Å². The summed E-state index contributed by atoms with van der Waals surface area (Å²) in [5.74, 6) is 0.788. The number of amides is 2. The number of morpholine rings is 1. The Morgan fingerprint density at radius 2 is 1.62 bits per heavy atom. The van der Waals surface area contributed by atoms with Crippen LogP contribution in [0.1, 0.15) is 27.1 Å². The standard InChI is InChI=1S/C25H28FN3O5/c26-20-5-2-18(3-6-20)24(30)28-9-1-8-27(10-11-28)15-21-16-29(12-13-32-21)25(31)19-4-7-22-23(14-19)34-17-33-22/h2-7,14,21H,1,8-13,15-17H2. The zero-order valence-electron chi connectivity index (χ0n) is 19.0. The van der Waals surface area contributed by atoms with Crippen LogP contribution in [-0.2, 0) is 4.74 Å². The quantitative estimate of drug-likeness (QED) is 0.684. The molecule has 3 aliphatic rings. The van der Waals surface area contributed by atoms with E-state index in [1.54, 1.807) is 18.2 Å². The molecule has 1 atom stereocenters. The molecule has 2 amide bonds. The van der Waals surface area contributed by atoms with Crippen LogP contribution in [0.25, 0.3) is 0 Å². The van der Waals surface area contributed by atoms with Crippen LogP contribution in [0, 0.1) is 5.82 Å². The molecule has 0 saturated carbocycles. The van der Waals surface area contributed by atoms with Crippen LogP contribution in [0.15, 0.2) is 42.5 Å². The molecule has 0 spiro atoms. The lowest BCUT2D eigenvalue weighted by molar-refractivity contribution is -0.0353. The highest BCUT2D eigenvalue weighted by molar-refractivity contribution is 5.95. The van der Waals surface area contributed by atoms with Gasteiger partial charge in [-0.3, -0.25) is 14.5 Å². The fourth-order valence-corrected chi connectivity index (χ4v) is 4.65. The largest absolute Gasteiger partial charge is 0.454 e. The second-order valence-corrected chi connectivity index (χ2v) is 8.77. The molecule has 1 unspecified atom stereocenters. The van der Waals surface area contributed by atoms with Crippen molar-refractivity contribution in [2.45, 2.75) is 12.5 Å². The Morgan fingerprint density at radius 3 is 2.47 bits per heavy atom. The van der Waals surface area contributed by atoms with E-state index < -0.39 is 0 Å². The molecule has 0 bridgehead atoms. The highest BCUT2D eigenvalue weighted by Gasteiger charge is 2.29. The van der Waals surface area contributed by atoms with Crippen molar-refractivity contribution >= 4 is 11.8 Å². The SMILES string of the molecule is O=C(c1ccc(F)cc1)N1CCCN(CC2CN(C(=O)c3ccc4c(c3)OCO4)CCO2)CC1. The van der Waals surface area contributed by atoms with E-state index in [4.69, 9.17) is 14.2 Å². The number of fused-ring (bicyclic) bond motifs is 1. The number of hydrogen-bond donors (Lipinski definition) is 0. The van der Waals surface area contributed by atoms with Crippen molar-refractivity contribution in [3.05, 3.63) is 59.4 Å². The molecule has 3 heterocycles. The molecular weight excluding hydrogens is 441 g/mol. The minimum Gasteiger partial charge on any atom is -0.454 e. The van der Waals surface area contributed by atoms with Gasteiger partial charge in [-0.1, -0.05) is 0 Å². The molecule has 34 heavy (non-hydrogen) atoms. The normalized spacial score (nSPS) is 20.8. The Balaban J connectivity index is 1.15. The van der Waals surface area contributed by atoms with Crippen molar-refractivity contribution in [3.8, 4) is 11.5 Å². The second-order valence-electron chi connectivity index (χ2n) is 8.77. The van der Waals surface area contributed by atoms with E-state index in [-0.39, 0.29) is 30.5 Å². The number of rotatable bonds is 4. The van der Waals surface area contributed by atoms with E-state index in [0.29, 0.717) is 62.0 Å². The van der Waals surface area contributed by atoms with E-state index in [0.717, 1.165) is 19.5 Å². The summed E-state index contributed by atoms with van der Waals surface area (Å²) in [7, 11) is 0. The first kappa shape index (κ1) is 22.6. The number of hydrogen-bond acceptors (Lipinski definition) is 6. The predicted octanol–water partition coefficient (Wildman–Crippen LogP) is 2.24.